The third-order valence-electron chi connectivity index (χ3n) is 5.28. The maximum absolute atomic E-state index is 13.3. The molecule has 1 N–H and O–H groups in total. The third-order valence-corrected chi connectivity index (χ3v) is 9.15. The zero-order valence-electron chi connectivity index (χ0n) is 18.6. The van der Waals surface area contributed by atoms with Crippen molar-refractivity contribution in [1.82, 2.24) is 14.4 Å². The molecule has 5 rings (SSSR count). The summed E-state index contributed by atoms with van der Waals surface area (Å²) in [6.45, 7) is 1.90. The van der Waals surface area contributed by atoms with E-state index in [2.05, 4.69) is 15.5 Å². The van der Waals surface area contributed by atoms with Gasteiger partial charge in [0.05, 0.1) is 32.6 Å². The number of aryl methyl sites for hydroxylation is 1. The van der Waals surface area contributed by atoms with Gasteiger partial charge in [-0.3, -0.25) is 4.79 Å². The van der Waals surface area contributed by atoms with Gasteiger partial charge in [-0.05, 0) is 37.3 Å². The summed E-state index contributed by atoms with van der Waals surface area (Å²) in [6.07, 6.45) is 2.98. The van der Waals surface area contributed by atoms with Gasteiger partial charge in [-0.25, -0.2) is 22.8 Å². The van der Waals surface area contributed by atoms with E-state index < -0.39 is 10.0 Å². The zero-order chi connectivity index (χ0) is 24.4. The van der Waals surface area contributed by atoms with Crippen LogP contribution in [-0.2, 0) is 14.8 Å². The number of thioether (sulfide) groups is 1. The van der Waals surface area contributed by atoms with E-state index in [0.717, 1.165) is 20.1 Å². The first-order valence-corrected chi connectivity index (χ1v) is 13.9. The van der Waals surface area contributed by atoms with Gasteiger partial charge in [-0.2, -0.15) is 5.10 Å². The Labute approximate surface area is 210 Å². The standard InChI is InChI=1S/C25H20N4O3S3/c1-17-10-12-19(13-11-17)35(31,32)29-15-18(20-6-2-4-8-22(20)29)14-26-28-24(30)16-33-25-27-21-7-3-5-9-23(21)34-25/h2-15H,16H2,1H3,(H,28,30)/b26-14+. The molecule has 10 heteroatoms. The highest BCUT2D eigenvalue weighted by Crippen LogP contribution is 2.29. The van der Waals surface area contributed by atoms with E-state index in [-0.39, 0.29) is 16.6 Å². The molecule has 3 aromatic carbocycles. The van der Waals surface area contributed by atoms with Crippen molar-refractivity contribution in [3.05, 3.63) is 90.1 Å². The van der Waals surface area contributed by atoms with Crippen LogP contribution in [0.1, 0.15) is 11.1 Å². The lowest BCUT2D eigenvalue weighted by Crippen LogP contribution is -2.19. The minimum Gasteiger partial charge on any atom is -0.272 e. The van der Waals surface area contributed by atoms with E-state index in [0.29, 0.717) is 16.5 Å². The van der Waals surface area contributed by atoms with E-state index >= 15 is 0 Å². The van der Waals surface area contributed by atoms with Gasteiger partial charge in [0.25, 0.3) is 15.9 Å². The molecule has 0 saturated heterocycles. The Kier molecular flexibility index (Phi) is 6.42. The first-order chi connectivity index (χ1) is 16.9. The summed E-state index contributed by atoms with van der Waals surface area (Å²) in [5.74, 6) is -0.109. The predicted octanol–water partition coefficient (Wildman–Crippen LogP) is 5.04. The molecule has 0 bridgehead atoms. The number of nitrogens with one attached hydrogen (secondary N) is 1. The summed E-state index contributed by atoms with van der Waals surface area (Å²) in [7, 11) is -3.79. The van der Waals surface area contributed by atoms with Crippen molar-refractivity contribution in [2.75, 3.05) is 5.75 Å². The Morgan fingerprint density at radius 2 is 1.83 bits per heavy atom. The average molecular weight is 521 g/mol. The van der Waals surface area contributed by atoms with Crippen molar-refractivity contribution >= 4 is 66.4 Å². The number of benzene rings is 3. The van der Waals surface area contributed by atoms with E-state index in [1.54, 1.807) is 36.4 Å². The van der Waals surface area contributed by atoms with E-state index in [1.807, 2.05) is 43.3 Å². The summed E-state index contributed by atoms with van der Waals surface area (Å²) < 4.78 is 29.7. The van der Waals surface area contributed by atoms with Crippen LogP contribution >= 0.6 is 23.1 Å². The number of rotatable bonds is 7. The monoisotopic (exact) mass is 520 g/mol. The lowest BCUT2D eigenvalue weighted by molar-refractivity contribution is -0.118. The van der Waals surface area contributed by atoms with Crippen LogP contribution in [-0.4, -0.2) is 35.2 Å². The summed E-state index contributed by atoms with van der Waals surface area (Å²) in [5, 5.41) is 4.78. The fraction of sp³-hybridized carbons (Fsp3) is 0.0800. The van der Waals surface area contributed by atoms with Gasteiger partial charge in [0.1, 0.15) is 0 Å². The van der Waals surface area contributed by atoms with Gasteiger partial charge in [0, 0.05) is 17.1 Å². The summed E-state index contributed by atoms with van der Waals surface area (Å²) in [4.78, 5) is 17.0. The number of thiazole rings is 1. The first kappa shape index (κ1) is 23.3. The quantitative estimate of drug-likeness (QED) is 0.184. The number of carbonyl (C=O) groups is 1. The molecule has 5 aromatic rings. The molecule has 35 heavy (non-hydrogen) atoms. The van der Waals surface area contributed by atoms with Crippen molar-refractivity contribution in [3.8, 4) is 0 Å². The number of nitrogens with zero attached hydrogens (tertiary/aromatic N) is 3. The summed E-state index contributed by atoms with van der Waals surface area (Å²) in [5.41, 5.74) is 5.52. The van der Waals surface area contributed by atoms with Crippen molar-refractivity contribution in [2.45, 2.75) is 16.2 Å². The van der Waals surface area contributed by atoms with Crippen LogP contribution in [0.4, 0.5) is 0 Å². The topological polar surface area (TPSA) is 93.4 Å². The lowest BCUT2D eigenvalue weighted by Gasteiger charge is -2.07. The minimum atomic E-state index is -3.79. The lowest BCUT2D eigenvalue weighted by atomic mass is 10.2. The molecule has 0 aliphatic rings. The van der Waals surface area contributed by atoms with E-state index in [4.69, 9.17) is 0 Å². The zero-order valence-corrected chi connectivity index (χ0v) is 21.0. The Bertz CT molecular complexity index is 1640. The number of aromatic nitrogens is 2. The second-order valence-corrected chi connectivity index (χ2v) is 11.8. The maximum Gasteiger partial charge on any atom is 0.268 e. The summed E-state index contributed by atoms with van der Waals surface area (Å²) in [6, 6.07) is 21.7. The Morgan fingerprint density at radius 1 is 1.09 bits per heavy atom. The molecular weight excluding hydrogens is 501 g/mol. The SMILES string of the molecule is Cc1ccc(S(=O)(=O)n2cc(/C=N/NC(=O)CSc3nc4ccccc4s3)c3ccccc32)cc1. The molecule has 0 radical (unpaired) electrons. The molecular formula is C25H20N4O3S3. The van der Waals surface area contributed by atoms with Crippen LogP contribution in [0, 0.1) is 6.92 Å². The molecule has 0 spiro atoms. The number of hydrogen-bond donors (Lipinski definition) is 1. The van der Waals surface area contributed by atoms with Gasteiger partial charge in [-0.1, -0.05) is 59.8 Å². The maximum atomic E-state index is 13.3. The fourth-order valence-corrected chi connectivity index (χ4v) is 6.79. The van der Waals surface area contributed by atoms with Gasteiger partial charge in [0.15, 0.2) is 4.34 Å². The molecule has 2 aromatic heterocycles. The van der Waals surface area contributed by atoms with Crippen molar-refractivity contribution in [1.29, 1.82) is 0 Å². The van der Waals surface area contributed by atoms with Crippen molar-refractivity contribution < 1.29 is 13.2 Å². The first-order valence-electron chi connectivity index (χ1n) is 10.6. The van der Waals surface area contributed by atoms with E-state index in [1.165, 1.54) is 39.5 Å². The van der Waals surface area contributed by atoms with Gasteiger partial charge in [0.2, 0.25) is 0 Å². The molecule has 0 unspecified atom stereocenters. The number of fused-ring (bicyclic) bond motifs is 2. The molecule has 1 amide bonds. The van der Waals surface area contributed by atoms with Gasteiger partial charge < -0.3 is 0 Å². The number of amides is 1. The average Bonchev–Trinajstić information content (AvgIpc) is 3.45. The largest absolute Gasteiger partial charge is 0.272 e. The van der Waals surface area contributed by atoms with Crippen LogP contribution in [0.25, 0.3) is 21.1 Å². The highest BCUT2D eigenvalue weighted by atomic mass is 32.2. The smallest absolute Gasteiger partial charge is 0.268 e. The summed E-state index contributed by atoms with van der Waals surface area (Å²) >= 11 is 2.89. The second-order valence-electron chi connectivity index (χ2n) is 7.74. The molecule has 0 saturated carbocycles. The normalized spacial score (nSPS) is 12.0. The van der Waals surface area contributed by atoms with Crippen LogP contribution in [0.2, 0.25) is 0 Å². The highest BCUT2D eigenvalue weighted by molar-refractivity contribution is 8.01. The Hall–Kier alpha value is -3.47. The highest BCUT2D eigenvalue weighted by Gasteiger charge is 2.20. The number of carbonyl (C=O) groups excluding carboxylic acids is 1. The molecule has 0 aliphatic carbocycles. The molecule has 176 valence electrons. The number of para-hydroxylation sites is 2. The van der Waals surface area contributed by atoms with Crippen LogP contribution in [0.15, 0.2) is 93.3 Å². The molecule has 7 nitrogen and oxygen atoms in total. The Balaban J connectivity index is 1.32. The molecule has 0 atom stereocenters. The Morgan fingerprint density at radius 3 is 2.63 bits per heavy atom. The predicted molar refractivity (Wildman–Crippen MR) is 142 cm³/mol. The minimum absolute atomic E-state index is 0.167. The number of hydrazone groups is 1. The molecule has 2 heterocycles. The fourth-order valence-electron chi connectivity index (χ4n) is 3.55. The third kappa shape index (κ3) is 4.86. The van der Waals surface area contributed by atoms with Crippen molar-refractivity contribution in [2.24, 2.45) is 5.10 Å². The van der Waals surface area contributed by atoms with Crippen LogP contribution in [0.3, 0.4) is 0 Å². The van der Waals surface area contributed by atoms with Gasteiger partial charge in [-0.15, -0.1) is 11.3 Å². The van der Waals surface area contributed by atoms with E-state index in [9.17, 15) is 13.2 Å². The van der Waals surface area contributed by atoms with Crippen LogP contribution < -0.4 is 5.43 Å². The van der Waals surface area contributed by atoms with Crippen LogP contribution in [0.5, 0.6) is 0 Å². The van der Waals surface area contributed by atoms with Crippen molar-refractivity contribution in [3.63, 3.8) is 0 Å². The van der Waals surface area contributed by atoms with Gasteiger partial charge >= 0.3 is 0 Å². The second kappa shape index (κ2) is 9.65. The molecule has 0 fully saturated rings. The number of hydrogen-bond acceptors (Lipinski definition) is 7. The molecule has 0 aliphatic heterocycles.